The summed E-state index contributed by atoms with van der Waals surface area (Å²) in [5.41, 5.74) is 4.19. The molecule has 0 aromatic heterocycles. The molecule has 4 aromatic rings. The molecule has 9 heteroatoms. The first kappa shape index (κ1) is 31.1. The molecule has 4 aromatic carbocycles. The predicted molar refractivity (Wildman–Crippen MR) is 167 cm³/mol. The Labute approximate surface area is 258 Å². The highest BCUT2D eigenvalue weighted by Gasteiger charge is 2.31. The van der Waals surface area contributed by atoms with E-state index in [0.29, 0.717) is 24.1 Å². The van der Waals surface area contributed by atoms with Crippen molar-refractivity contribution >= 4 is 21.8 Å². The van der Waals surface area contributed by atoms with Crippen LogP contribution in [0.1, 0.15) is 53.1 Å². The van der Waals surface area contributed by atoms with Crippen LogP contribution < -0.4 is 10.0 Å². The van der Waals surface area contributed by atoms with Gasteiger partial charge in [-0.25, -0.2) is 17.5 Å². The van der Waals surface area contributed by atoms with Crippen molar-refractivity contribution < 1.29 is 22.4 Å². The summed E-state index contributed by atoms with van der Waals surface area (Å²) in [4.78, 5) is 29.5. The van der Waals surface area contributed by atoms with Crippen LogP contribution in [-0.4, -0.2) is 31.2 Å². The zero-order chi connectivity index (χ0) is 31.1. The van der Waals surface area contributed by atoms with E-state index in [4.69, 9.17) is 0 Å². The first-order valence-electron chi connectivity index (χ1n) is 14.7. The van der Waals surface area contributed by atoms with Crippen molar-refractivity contribution in [3.63, 3.8) is 0 Å². The largest absolute Gasteiger partial charge is 0.350 e. The van der Waals surface area contributed by atoms with Crippen molar-refractivity contribution in [2.75, 3.05) is 0 Å². The van der Waals surface area contributed by atoms with Gasteiger partial charge < -0.3 is 10.2 Å². The maximum absolute atomic E-state index is 13.9. The molecule has 1 unspecified atom stereocenters. The number of rotatable bonds is 13. The van der Waals surface area contributed by atoms with E-state index < -0.39 is 16.1 Å². The molecule has 1 fully saturated rings. The Balaban J connectivity index is 1.37. The van der Waals surface area contributed by atoms with E-state index >= 15 is 0 Å². The summed E-state index contributed by atoms with van der Waals surface area (Å²) in [6.45, 7) is 2.39. The minimum atomic E-state index is -3.57. The van der Waals surface area contributed by atoms with Gasteiger partial charge in [-0.1, -0.05) is 84.4 Å². The van der Waals surface area contributed by atoms with Crippen molar-refractivity contribution in [3.8, 4) is 0 Å². The first-order valence-corrected chi connectivity index (χ1v) is 16.2. The molecule has 2 N–H and O–H groups in total. The number of hydrogen-bond donors (Lipinski definition) is 2. The predicted octanol–water partition coefficient (Wildman–Crippen LogP) is 5.59. The molecule has 228 valence electrons. The van der Waals surface area contributed by atoms with Crippen LogP contribution in [0.25, 0.3) is 0 Å². The monoisotopic (exact) mass is 613 g/mol. The number of sulfonamides is 1. The Morgan fingerprint density at radius 1 is 0.841 bits per heavy atom. The summed E-state index contributed by atoms with van der Waals surface area (Å²) >= 11 is 0. The molecule has 44 heavy (non-hydrogen) atoms. The maximum Gasteiger partial charge on any atom is 0.247 e. The average Bonchev–Trinajstić information content (AvgIpc) is 3.84. The van der Waals surface area contributed by atoms with Crippen LogP contribution in [0, 0.1) is 12.7 Å². The minimum Gasteiger partial charge on any atom is -0.350 e. The van der Waals surface area contributed by atoms with Crippen molar-refractivity contribution in [1.29, 1.82) is 0 Å². The molecule has 5 rings (SSSR count). The van der Waals surface area contributed by atoms with Gasteiger partial charge in [-0.3, -0.25) is 9.59 Å². The lowest BCUT2D eigenvalue weighted by Crippen LogP contribution is -2.43. The van der Waals surface area contributed by atoms with Crippen LogP contribution in [0.3, 0.4) is 0 Å². The number of benzene rings is 4. The summed E-state index contributed by atoms with van der Waals surface area (Å²) < 4.78 is 41.5. The van der Waals surface area contributed by atoms with Crippen LogP contribution in [0.2, 0.25) is 0 Å². The zero-order valence-electron chi connectivity index (χ0n) is 24.6. The Morgan fingerprint density at radius 3 is 2.09 bits per heavy atom. The Bertz CT molecular complexity index is 1670. The second-order valence-electron chi connectivity index (χ2n) is 11.2. The molecule has 0 spiro atoms. The highest BCUT2D eigenvalue weighted by atomic mass is 32.2. The van der Waals surface area contributed by atoms with Gasteiger partial charge in [0.15, 0.2) is 0 Å². The third-order valence-corrected chi connectivity index (χ3v) is 9.15. The van der Waals surface area contributed by atoms with Gasteiger partial charge in [0.1, 0.15) is 11.9 Å². The molecule has 1 aliphatic rings. The molecule has 0 heterocycles. The van der Waals surface area contributed by atoms with Crippen molar-refractivity contribution in [2.45, 2.75) is 62.7 Å². The summed E-state index contributed by atoms with van der Waals surface area (Å²) in [6, 6.07) is 28.5. The van der Waals surface area contributed by atoms with E-state index in [9.17, 15) is 22.4 Å². The summed E-state index contributed by atoms with van der Waals surface area (Å²) in [5, 5.41) is 3.00. The lowest BCUT2D eigenvalue weighted by atomic mass is 10.0. The van der Waals surface area contributed by atoms with E-state index in [-0.39, 0.29) is 41.5 Å². The normalized spacial score (nSPS) is 13.7. The Hall–Kier alpha value is -4.34. The Morgan fingerprint density at radius 2 is 1.45 bits per heavy atom. The quantitative estimate of drug-likeness (QED) is 0.205. The second kappa shape index (κ2) is 14.0. The third kappa shape index (κ3) is 8.39. The fourth-order valence-electron chi connectivity index (χ4n) is 4.93. The van der Waals surface area contributed by atoms with Gasteiger partial charge >= 0.3 is 0 Å². The number of aryl methyl sites for hydroxylation is 2. The number of nitrogens with one attached hydrogen (secondary N) is 2. The second-order valence-corrected chi connectivity index (χ2v) is 12.9. The number of nitrogens with zero attached hydrogens (tertiary/aromatic N) is 1. The number of amides is 2. The zero-order valence-corrected chi connectivity index (χ0v) is 25.4. The summed E-state index contributed by atoms with van der Waals surface area (Å²) in [5.74, 6) is -0.981. The van der Waals surface area contributed by atoms with Crippen LogP contribution >= 0.6 is 0 Å². The number of carbonyl (C=O) groups is 2. The van der Waals surface area contributed by atoms with Crippen LogP contribution in [0.4, 0.5) is 4.39 Å². The van der Waals surface area contributed by atoms with Crippen LogP contribution in [-0.2, 0) is 39.1 Å². The number of carbonyl (C=O) groups excluding carboxylic acids is 2. The van der Waals surface area contributed by atoms with Crippen molar-refractivity contribution in [1.82, 2.24) is 14.9 Å². The van der Waals surface area contributed by atoms with Crippen molar-refractivity contribution in [2.24, 2.45) is 0 Å². The van der Waals surface area contributed by atoms with Crippen LogP contribution in [0.15, 0.2) is 108 Å². The van der Waals surface area contributed by atoms with E-state index in [2.05, 4.69) is 10.0 Å². The lowest BCUT2D eigenvalue weighted by Gasteiger charge is -2.32. The summed E-state index contributed by atoms with van der Waals surface area (Å²) in [6.07, 6.45) is 2.13. The first-order chi connectivity index (χ1) is 21.2. The van der Waals surface area contributed by atoms with Gasteiger partial charge in [-0.2, -0.15) is 0 Å². The van der Waals surface area contributed by atoms with Crippen molar-refractivity contribution in [3.05, 3.63) is 137 Å². The van der Waals surface area contributed by atoms with E-state index in [1.54, 1.807) is 36.4 Å². The summed E-state index contributed by atoms with van der Waals surface area (Å²) in [7, 11) is -3.57. The molecule has 1 atom stereocenters. The van der Waals surface area contributed by atoms with Gasteiger partial charge in [0.05, 0.1) is 4.90 Å². The smallest absolute Gasteiger partial charge is 0.247 e. The molecule has 0 saturated heterocycles. The van der Waals surface area contributed by atoms with E-state index in [1.165, 1.54) is 17.0 Å². The van der Waals surface area contributed by atoms with E-state index in [1.807, 2.05) is 61.5 Å². The number of halogens is 1. The van der Waals surface area contributed by atoms with Gasteiger partial charge in [-0.15, -0.1) is 0 Å². The van der Waals surface area contributed by atoms with Gasteiger partial charge in [-0.05, 0) is 72.7 Å². The minimum absolute atomic E-state index is 0.0102. The van der Waals surface area contributed by atoms with Gasteiger partial charge in [0, 0.05) is 25.6 Å². The molecule has 1 saturated carbocycles. The fraction of sp³-hybridized carbons (Fsp3) is 0.257. The van der Waals surface area contributed by atoms with Gasteiger partial charge in [0.2, 0.25) is 21.8 Å². The molecule has 0 radical (unpaired) electrons. The molecule has 1 aliphatic carbocycles. The SMILES string of the molecule is Cc1ccc(CNC(=O)C(c2ccccc2)N(Cc2ccc(F)cc2)C(=O)CCc2ccc(S(=O)(=O)NC3CC3)cc2)cc1. The topological polar surface area (TPSA) is 95.6 Å². The Kier molecular flexibility index (Phi) is 9.87. The molecular weight excluding hydrogens is 577 g/mol. The third-order valence-electron chi connectivity index (χ3n) is 7.61. The molecular formula is C35H36FN3O4S. The fourth-order valence-corrected chi connectivity index (χ4v) is 6.23. The number of hydrogen-bond acceptors (Lipinski definition) is 4. The molecule has 0 aliphatic heterocycles. The highest BCUT2D eigenvalue weighted by molar-refractivity contribution is 7.89. The lowest BCUT2D eigenvalue weighted by molar-refractivity contribution is -0.141. The molecule has 0 bridgehead atoms. The molecule has 7 nitrogen and oxygen atoms in total. The van der Waals surface area contributed by atoms with Crippen LogP contribution in [0.5, 0.6) is 0 Å². The van der Waals surface area contributed by atoms with Gasteiger partial charge in [0.25, 0.3) is 0 Å². The highest BCUT2D eigenvalue weighted by Crippen LogP contribution is 2.26. The average molecular weight is 614 g/mol. The van der Waals surface area contributed by atoms with E-state index in [0.717, 1.165) is 29.5 Å². The molecule has 2 amide bonds. The standard InChI is InChI=1S/C35H36FN3O4S/c1-25-7-9-27(10-8-25)23-37-35(41)34(29-5-3-2-4-6-29)39(24-28-11-16-30(36)17-12-28)33(40)22-15-26-13-20-32(21-14-26)44(42,43)38-31-18-19-31/h2-14,16-17,20-21,31,34,38H,15,18-19,22-24H2,1H3,(H,37,41). The maximum atomic E-state index is 13.9.